The smallest absolute Gasteiger partial charge is 0.335 e. The van der Waals surface area contributed by atoms with E-state index in [1.807, 2.05) is 6.92 Å². The molecule has 1 aromatic rings. The molecule has 2 amide bonds. The Balaban J connectivity index is 1.59. The van der Waals surface area contributed by atoms with Crippen LogP contribution in [-0.4, -0.2) is 23.8 Å². The molecule has 2 aliphatic rings. The number of urea groups is 1. The average Bonchev–Trinajstić information content (AvgIpc) is 3.31. The standard InChI is InChI=1S/C16H17Cl2FN4O2/c1-2-25-13-4-3-11(19)14(15(13)18)10-7-12(10)21-16(24)22-23-6-5-9(17)8-20-23/h3-6,8,10,12,20H,2,7H2,1H3,(H2,21,22,24). The second-order valence-electron chi connectivity index (χ2n) is 5.58. The number of carbonyl (C=O) groups excluding carboxylic acids is 1. The molecule has 1 heterocycles. The van der Waals surface area contributed by atoms with Crippen molar-refractivity contribution in [2.45, 2.75) is 25.3 Å². The number of hydrogen-bond donors (Lipinski definition) is 3. The normalized spacial score (nSPS) is 21.3. The minimum Gasteiger partial charge on any atom is -0.492 e. The van der Waals surface area contributed by atoms with Crippen molar-refractivity contribution >= 4 is 29.2 Å². The Kier molecular flexibility index (Phi) is 5.24. The highest BCUT2D eigenvalue weighted by atomic mass is 35.5. The number of nitrogens with zero attached hydrogens (tertiary/aromatic N) is 1. The molecule has 1 aliphatic carbocycles. The summed E-state index contributed by atoms with van der Waals surface area (Å²) in [4.78, 5) is 12.0. The number of rotatable bonds is 5. The molecule has 1 fully saturated rings. The number of benzene rings is 1. The van der Waals surface area contributed by atoms with E-state index in [9.17, 15) is 9.18 Å². The van der Waals surface area contributed by atoms with Gasteiger partial charge in [-0.2, -0.15) is 0 Å². The monoisotopic (exact) mass is 386 g/mol. The summed E-state index contributed by atoms with van der Waals surface area (Å²) in [6.07, 6.45) is 5.31. The number of halogens is 3. The fraction of sp³-hybridized carbons (Fsp3) is 0.312. The molecule has 0 aromatic heterocycles. The lowest BCUT2D eigenvalue weighted by Crippen LogP contribution is -2.50. The molecule has 25 heavy (non-hydrogen) atoms. The van der Waals surface area contributed by atoms with E-state index >= 15 is 0 Å². The van der Waals surface area contributed by atoms with Crippen LogP contribution in [-0.2, 0) is 0 Å². The van der Waals surface area contributed by atoms with E-state index < -0.39 is 11.8 Å². The first-order valence-electron chi connectivity index (χ1n) is 7.76. The van der Waals surface area contributed by atoms with Crippen LogP contribution in [0.25, 0.3) is 0 Å². The molecular weight excluding hydrogens is 370 g/mol. The molecule has 6 nitrogen and oxygen atoms in total. The Bertz CT molecular complexity index is 741. The zero-order valence-corrected chi connectivity index (χ0v) is 14.9. The van der Waals surface area contributed by atoms with E-state index in [1.165, 1.54) is 23.5 Å². The molecule has 1 aliphatic heterocycles. The van der Waals surface area contributed by atoms with Crippen molar-refractivity contribution < 1.29 is 13.9 Å². The molecule has 0 saturated heterocycles. The number of nitrogens with one attached hydrogen (secondary N) is 3. The molecule has 1 aromatic carbocycles. The predicted octanol–water partition coefficient (Wildman–Crippen LogP) is 3.36. The quantitative estimate of drug-likeness (QED) is 0.725. The van der Waals surface area contributed by atoms with Gasteiger partial charge in [-0.1, -0.05) is 23.2 Å². The topological polar surface area (TPSA) is 65.6 Å². The summed E-state index contributed by atoms with van der Waals surface area (Å²) in [7, 11) is 0. The Labute approximate surface area is 154 Å². The predicted molar refractivity (Wildman–Crippen MR) is 93.4 cm³/mol. The lowest BCUT2D eigenvalue weighted by Gasteiger charge is -2.23. The van der Waals surface area contributed by atoms with E-state index in [2.05, 4.69) is 16.2 Å². The first-order chi connectivity index (χ1) is 12.0. The third-order valence-electron chi connectivity index (χ3n) is 3.82. The van der Waals surface area contributed by atoms with Crippen molar-refractivity contribution in [1.29, 1.82) is 0 Å². The second kappa shape index (κ2) is 7.41. The van der Waals surface area contributed by atoms with Gasteiger partial charge >= 0.3 is 6.03 Å². The summed E-state index contributed by atoms with van der Waals surface area (Å²) in [5.41, 5.74) is 5.71. The SMILES string of the molecule is CCOc1ccc(F)c(C2CC2NC(=O)NN2C=CC(Cl)=CN2)c1Cl. The second-order valence-corrected chi connectivity index (χ2v) is 6.40. The van der Waals surface area contributed by atoms with Crippen molar-refractivity contribution in [3.8, 4) is 5.75 Å². The lowest BCUT2D eigenvalue weighted by molar-refractivity contribution is 0.189. The van der Waals surface area contributed by atoms with Crippen LogP contribution in [0.2, 0.25) is 5.02 Å². The average molecular weight is 387 g/mol. The highest BCUT2D eigenvalue weighted by Crippen LogP contribution is 2.47. The summed E-state index contributed by atoms with van der Waals surface area (Å²) >= 11 is 12.0. The third kappa shape index (κ3) is 4.11. The number of allylic oxidation sites excluding steroid dienone is 2. The van der Waals surface area contributed by atoms with Crippen molar-refractivity contribution in [2.24, 2.45) is 0 Å². The fourth-order valence-electron chi connectivity index (χ4n) is 2.58. The summed E-state index contributed by atoms with van der Waals surface area (Å²) in [6.45, 7) is 2.27. The first-order valence-corrected chi connectivity index (χ1v) is 8.52. The van der Waals surface area contributed by atoms with Crippen LogP contribution in [0.15, 0.2) is 35.6 Å². The Morgan fingerprint density at radius 3 is 2.96 bits per heavy atom. The highest BCUT2D eigenvalue weighted by molar-refractivity contribution is 6.33. The van der Waals surface area contributed by atoms with E-state index in [1.54, 1.807) is 12.3 Å². The number of carbonyl (C=O) groups is 1. The Hall–Kier alpha value is -2.12. The summed E-state index contributed by atoms with van der Waals surface area (Å²) < 4.78 is 19.6. The lowest BCUT2D eigenvalue weighted by atomic mass is 10.1. The summed E-state index contributed by atoms with van der Waals surface area (Å²) in [5.74, 6) is -0.136. The van der Waals surface area contributed by atoms with E-state index in [0.29, 0.717) is 29.4 Å². The zero-order valence-electron chi connectivity index (χ0n) is 13.4. The molecule has 134 valence electrons. The molecule has 0 bridgehead atoms. The van der Waals surface area contributed by atoms with Crippen LogP contribution in [0.4, 0.5) is 9.18 Å². The number of ether oxygens (including phenoxy) is 1. The Morgan fingerprint density at radius 1 is 1.48 bits per heavy atom. The van der Waals surface area contributed by atoms with Crippen molar-refractivity contribution in [2.75, 3.05) is 6.61 Å². The molecule has 0 spiro atoms. The zero-order chi connectivity index (χ0) is 18.0. The molecule has 2 unspecified atom stereocenters. The molecular formula is C16H17Cl2FN4O2. The van der Waals surface area contributed by atoms with Crippen LogP contribution < -0.4 is 20.9 Å². The number of amides is 2. The van der Waals surface area contributed by atoms with Crippen LogP contribution >= 0.6 is 23.2 Å². The molecule has 3 N–H and O–H groups in total. The largest absolute Gasteiger partial charge is 0.492 e. The summed E-state index contributed by atoms with van der Waals surface area (Å²) in [6, 6.07) is 2.22. The van der Waals surface area contributed by atoms with Crippen LogP contribution in [0.3, 0.4) is 0 Å². The van der Waals surface area contributed by atoms with Gasteiger partial charge in [0.15, 0.2) is 0 Å². The van der Waals surface area contributed by atoms with E-state index in [-0.39, 0.29) is 17.0 Å². The van der Waals surface area contributed by atoms with Gasteiger partial charge in [0.2, 0.25) is 0 Å². The van der Waals surface area contributed by atoms with Gasteiger partial charge in [0, 0.05) is 29.9 Å². The van der Waals surface area contributed by atoms with Gasteiger partial charge in [0.05, 0.1) is 16.7 Å². The highest BCUT2D eigenvalue weighted by Gasteiger charge is 2.43. The number of hydrazine groups is 2. The van der Waals surface area contributed by atoms with E-state index in [4.69, 9.17) is 27.9 Å². The van der Waals surface area contributed by atoms with Crippen LogP contribution in [0, 0.1) is 5.82 Å². The van der Waals surface area contributed by atoms with Gasteiger partial charge in [-0.15, -0.1) is 0 Å². The Morgan fingerprint density at radius 2 is 2.28 bits per heavy atom. The molecule has 0 radical (unpaired) electrons. The van der Waals surface area contributed by atoms with Crippen LogP contribution in [0.5, 0.6) is 5.75 Å². The molecule has 1 saturated carbocycles. The van der Waals surface area contributed by atoms with Gasteiger partial charge in [-0.05, 0) is 31.6 Å². The van der Waals surface area contributed by atoms with Crippen molar-refractivity contribution in [1.82, 2.24) is 21.3 Å². The minimum absolute atomic E-state index is 0.183. The van der Waals surface area contributed by atoms with Gasteiger partial charge in [-0.25, -0.2) is 19.7 Å². The van der Waals surface area contributed by atoms with Gasteiger partial charge in [0.25, 0.3) is 0 Å². The third-order valence-corrected chi connectivity index (χ3v) is 4.44. The molecule has 2 atom stereocenters. The first kappa shape index (κ1) is 17.7. The maximum atomic E-state index is 14.2. The number of hydrogen-bond acceptors (Lipinski definition) is 4. The fourth-order valence-corrected chi connectivity index (χ4v) is 3.03. The van der Waals surface area contributed by atoms with E-state index in [0.717, 1.165) is 0 Å². The van der Waals surface area contributed by atoms with Gasteiger partial charge in [0.1, 0.15) is 11.6 Å². The minimum atomic E-state index is -0.423. The summed E-state index contributed by atoms with van der Waals surface area (Å²) in [5, 5.41) is 4.91. The maximum Gasteiger partial charge on any atom is 0.335 e. The van der Waals surface area contributed by atoms with Crippen molar-refractivity contribution in [3.63, 3.8) is 0 Å². The van der Waals surface area contributed by atoms with Gasteiger partial charge < -0.3 is 10.1 Å². The van der Waals surface area contributed by atoms with Crippen molar-refractivity contribution in [3.05, 3.63) is 52.0 Å². The van der Waals surface area contributed by atoms with Gasteiger partial charge in [-0.3, -0.25) is 5.43 Å². The molecule has 3 rings (SSSR count). The maximum absolute atomic E-state index is 14.2. The van der Waals surface area contributed by atoms with Crippen LogP contribution in [0.1, 0.15) is 24.8 Å². The molecule has 9 heteroatoms.